The van der Waals surface area contributed by atoms with E-state index in [4.69, 9.17) is 0 Å². The Balaban J connectivity index is 1.19. The Kier molecular flexibility index (Phi) is 4.08. The van der Waals surface area contributed by atoms with Gasteiger partial charge in [0.05, 0.1) is 0 Å². The smallest absolute Gasteiger partial charge is 0.250 e. The van der Waals surface area contributed by atoms with E-state index in [0.717, 1.165) is 49.2 Å². The maximum atomic E-state index is 11.6. The van der Waals surface area contributed by atoms with E-state index >= 15 is 0 Å². The lowest BCUT2D eigenvalue weighted by atomic mass is 9.79. The molecule has 2 bridgehead atoms. The Hall–Kier alpha value is -1.09. The van der Waals surface area contributed by atoms with Gasteiger partial charge in [0, 0.05) is 24.8 Å². The predicted molar refractivity (Wildman–Crippen MR) is 88.8 cm³/mol. The molecule has 3 fully saturated rings. The molecule has 4 rings (SSSR count). The van der Waals surface area contributed by atoms with Crippen molar-refractivity contribution in [3.05, 3.63) is 34.7 Å². The van der Waals surface area contributed by atoms with E-state index in [1.807, 2.05) is 22.9 Å². The quantitative estimate of drug-likeness (QED) is 0.819. The van der Waals surface area contributed by atoms with Crippen molar-refractivity contribution >= 4 is 0 Å². The van der Waals surface area contributed by atoms with Gasteiger partial charge in [0.25, 0.3) is 0 Å². The molecule has 5 atom stereocenters. The number of rotatable bonds is 6. The molecule has 3 aliphatic carbocycles. The molecular formula is C19H28N2O. The van der Waals surface area contributed by atoms with Crippen molar-refractivity contribution < 1.29 is 0 Å². The largest absolute Gasteiger partial charge is 0.316 e. The molecule has 1 heterocycles. The number of pyridine rings is 1. The lowest BCUT2D eigenvalue weighted by molar-refractivity contribution is 0.208. The predicted octanol–water partition coefficient (Wildman–Crippen LogP) is 3.04. The number of aryl methyl sites for hydroxylation is 1. The number of fused-ring (bicyclic) bond motifs is 5. The van der Waals surface area contributed by atoms with Gasteiger partial charge in [-0.05, 0) is 74.8 Å². The highest BCUT2D eigenvalue weighted by atomic mass is 16.1. The highest BCUT2D eigenvalue weighted by Gasteiger charge is 2.53. The second kappa shape index (κ2) is 6.19. The standard InChI is InChI=1S/C19H28N2O/c22-19-8-1-3-10-21(19)11-4-2-9-20-18-13-14-12-17(18)16-7-5-6-15(14)16/h1,3,8,10,14-18,20H,2,4-7,9,11-13H2/t14-,15-,16-,17+,18-/m1/s1. The average Bonchev–Trinajstić information content (AvgIpc) is 3.21. The maximum Gasteiger partial charge on any atom is 0.250 e. The molecule has 3 saturated carbocycles. The summed E-state index contributed by atoms with van der Waals surface area (Å²) in [7, 11) is 0. The van der Waals surface area contributed by atoms with Crippen molar-refractivity contribution in [2.45, 2.75) is 57.5 Å². The summed E-state index contributed by atoms with van der Waals surface area (Å²) in [6.07, 6.45) is 11.6. The lowest BCUT2D eigenvalue weighted by Crippen LogP contribution is -2.39. The molecular weight excluding hydrogens is 272 g/mol. The topological polar surface area (TPSA) is 34.0 Å². The Morgan fingerprint density at radius 2 is 2.00 bits per heavy atom. The maximum absolute atomic E-state index is 11.6. The SMILES string of the molecule is O=c1ccccn1CCCCN[C@@H]1C[C@H]2C[C@H]1[C@@H]1CCC[C@H]21. The molecule has 1 aromatic heterocycles. The van der Waals surface area contributed by atoms with Crippen molar-refractivity contribution in [2.24, 2.45) is 23.7 Å². The second-order valence-corrected chi connectivity index (χ2v) is 7.65. The van der Waals surface area contributed by atoms with E-state index in [2.05, 4.69) is 5.32 Å². The number of nitrogens with zero attached hydrogens (tertiary/aromatic N) is 1. The first-order chi connectivity index (χ1) is 10.8. The molecule has 22 heavy (non-hydrogen) atoms. The summed E-state index contributed by atoms with van der Waals surface area (Å²) in [6, 6.07) is 6.19. The van der Waals surface area contributed by atoms with Gasteiger partial charge in [-0.2, -0.15) is 0 Å². The van der Waals surface area contributed by atoms with Crippen LogP contribution in [0.4, 0.5) is 0 Å². The molecule has 0 amide bonds. The van der Waals surface area contributed by atoms with Crippen LogP contribution in [0, 0.1) is 23.7 Å². The van der Waals surface area contributed by atoms with E-state index in [-0.39, 0.29) is 5.56 Å². The molecule has 120 valence electrons. The lowest BCUT2D eigenvalue weighted by Gasteiger charge is -2.32. The third-order valence-electron chi connectivity index (χ3n) is 6.56. The third-order valence-corrected chi connectivity index (χ3v) is 6.56. The van der Waals surface area contributed by atoms with Gasteiger partial charge in [-0.3, -0.25) is 4.79 Å². The number of aromatic nitrogens is 1. The highest BCUT2D eigenvalue weighted by Crippen LogP contribution is 2.58. The zero-order valence-corrected chi connectivity index (χ0v) is 13.4. The van der Waals surface area contributed by atoms with E-state index < -0.39 is 0 Å². The minimum Gasteiger partial charge on any atom is -0.316 e. The van der Waals surface area contributed by atoms with E-state index in [0.29, 0.717) is 0 Å². The minimum absolute atomic E-state index is 0.121. The van der Waals surface area contributed by atoms with Crippen LogP contribution in [0.1, 0.15) is 44.9 Å². The molecule has 3 heteroatoms. The summed E-state index contributed by atoms with van der Waals surface area (Å²) in [5, 5.41) is 3.84. The van der Waals surface area contributed by atoms with Crippen molar-refractivity contribution in [1.82, 2.24) is 9.88 Å². The summed E-state index contributed by atoms with van der Waals surface area (Å²) in [5.41, 5.74) is 0.121. The van der Waals surface area contributed by atoms with Gasteiger partial charge in [-0.25, -0.2) is 0 Å². The molecule has 1 N–H and O–H groups in total. The third kappa shape index (κ3) is 2.64. The van der Waals surface area contributed by atoms with Gasteiger partial charge >= 0.3 is 0 Å². The van der Waals surface area contributed by atoms with Crippen molar-refractivity contribution in [3.63, 3.8) is 0 Å². The Bertz CT molecular complexity index is 567. The summed E-state index contributed by atoms with van der Waals surface area (Å²) >= 11 is 0. The average molecular weight is 300 g/mol. The highest BCUT2D eigenvalue weighted by molar-refractivity contribution is 5.05. The fourth-order valence-corrected chi connectivity index (χ4v) is 5.64. The van der Waals surface area contributed by atoms with Crippen molar-refractivity contribution in [2.75, 3.05) is 6.54 Å². The second-order valence-electron chi connectivity index (χ2n) is 7.65. The monoisotopic (exact) mass is 300 g/mol. The number of hydrogen-bond acceptors (Lipinski definition) is 2. The van der Waals surface area contributed by atoms with Crippen LogP contribution in [0.2, 0.25) is 0 Å². The van der Waals surface area contributed by atoms with Crippen LogP contribution in [-0.2, 0) is 6.54 Å². The van der Waals surface area contributed by atoms with Crippen LogP contribution >= 0.6 is 0 Å². The van der Waals surface area contributed by atoms with Crippen LogP contribution in [0.15, 0.2) is 29.2 Å². The molecule has 0 unspecified atom stereocenters. The van der Waals surface area contributed by atoms with Gasteiger partial charge < -0.3 is 9.88 Å². The van der Waals surface area contributed by atoms with Gasteiger partial charge in [0.1, 0.15) is 0 Å². The van der Waals surface area contributed by atoms with Crippen LogP contribution in [0.25, 0.3) is 0 Å². The Morgan fingerprint density at radius 1 is 1.09 bits per heavy atom. The molecule has 0 saturated heterocycles. The number of unbranched alkanes of at least 4 members (excludes halogenated alkanes) is 1. The summed E-state index contributed by atoms with van der Waals surface area (Å²) in [6.45, 7) is 1.97. The molecule has 1 aromatic rings. The first-order valence-corrected chi connectivity index (χ1v) is 9.22. The van der Waals surface area contributed by atoms with E-state index in [1.165, 1.54) is 38.5 Å². The number of hydrogen-bond donors (Lipinski definition) is 1. The zero-order chi connectivity index (χ0) is 14.9. The van der Waals surface area contributed by atoms with Crippen LogP contribution in [0.3, 0.4) is 0 Å². The molecule has 3 aliphatic rings. The summed E-state index contributed by atoms with van der Waals surface area (Å²) in [5.74, 6) is 4.17. The van der Waals surface area contributed by atoms with Crippen LogP contribution in [-0.4, -0.2) is 17.2 Å². The molecule has 0 radical (unpaired) electrons. The van der Waals surface area contributed by atoms with Crippen molar-refractivity contribution in [3.8, 4) is 0 Å². The Morgan fingerprint density at radius 3 is 2.91 bits per heavy atom. The van der Waals surface area contributed by atoms with Crippen molar-refractivity contribution in [1.29, 1.82) is 0 Å². The number of nitrogens with one attached hydrogen (secondary N) is 1. The van der Waals surface area contributed by atoms with Gasteiger partial charge in [-0.1, -0.05) is 12.5 Å². The summed E-state index contributed by atoms with van der Waals surface area (Å²) in [4.78, 5) is 11.6. The first-order valence-electron chi connectivity index (χ1n) is 9.22. The minimum atomic E-state index is 0.121. The van der Waals surface area contributed by atoms with E-state index in [9.17, 15) is 4.79 Å². The van der Waals surface area contributed by atoms with E-state index in [1.54, 1.807) is 6.07 Å². The molecule has 3 nitrogen and oxygen atoms in total. The first kappa shape index (κ1) is 14.5. The Labute approximate surface area is 133 Å². The molecule has 0 aromatic carbocycles. The van der Waals surface area contributed by atoms with Crippen LogP contribution in [0.5, 0.6) is 0 Å². The van der Waals surface area contributed by atoms with Gasteiger partial charge in [-0.15, -0.1) is 0 Å². The molecule has 0 aliphatic heterocycles. The zero-order valence-electron chi connectivity index (χ0n) is 13.4. The van der Waals surface area contributed by atoms with Gasteiger partial charge in [0.15, 0.2) is 0 Å². The normalized spacial score (nSPS) is 35.9. The fourth-order valence-electron chi connectivity index (χ4n) is 5.64. The van der Waals surface area contributed by atoms with Gasteiger partial charge in [0.2, 0.25) is 5.56 Å². The summed E-state index contributed by atoms with van der Waals surface area (Å²) < 4.78 is 1.82. The van der Waals surface area contributed by atoms with Crippen LogP contribution < -0.4 is 10.9 Å². The molecule has 0 spiro atoms. The fraction of sp³-hybridized carbons (Fsp3) is 0.737.